The number of nitriles is 1. The number of carbonyl (C=O) groups is 2. The van der Waals surface area contributed by atoms with E-state index in [0.717, 1.165) is 55.3 Å². The summed E-state index contributed by atoms with van der Waals surface area (Å²) in [6.45, 7) is 4.36. The summed E-state index contributed by atoms with van der Waals surface area (Å²) in [6, 6.07) is 9.40. The molecular weight excluding hydrogens is 424 g/mol. The maximum absolute atomic E-state index is 13.0. The molecule has 3 fully saturated rings. The largest absolute Gasteiger partial charge is 0.329 e. The molecule has 2 aliphatic heterocycles. The summed E-state index contributed by atoms with van der Waals surface area (Å²) in [5.74, 6) is 0.702. The molecule has 0 bridgehead atoms. The van der Waals surface area contributed by atoms with Crippen LogP contribution in [0.1, 0.15) is 85.7 Å². The predicted molar refractivity (Wildman–Crippen MR) is 131 cm³/mol. The number of hydrogen-bond acceptors (Lipinski definition) is 4. The third-order valence-corrected chi connectivity index (χ3v) is 8.47. The van der Waals surface area contributed by atoms with Gasteiger partial charge in [0.15, 0.2) is 0 Å². The van der Waals surface area contributed by atoms with Crippen LogP contribution in [0.15, 0.2) is 30.5 Å². The van der Waals surface area contributed by atoms with Crippen molar-refractivity contribution in [2.24, 2.45) is 11.8 Å². The van der Waals surface area contributed by atoms with Crippen LogP contribution in [0, 0.1) is 23.2 Å². The van der Waals surface area contributed by atoms with Gasteiger partial charge in [-0.05, 0) is 80.9 Å². The van der Waals surface area contributed by atoms with E-state index in [1.54, 1.807) is 4.90 Å². The van der Waals surface area contributed by atoms with Crippen LogP contribution in [0.5, 0.6) is 0 Å². The third kappa shape index (κ3) is 4.77. The van der Waals surface area contributed by atoms with Gasteiger partial charge in [-0.1, -0.05) is 31.6 Å². The van der Waals surface area contributed by atoms with Crippen molar-refractivity contribution < 1.29 is 9.59 Å². The topological polar surface area (TPSA) is 85.2 Å². The molecule has 1 saturated heterocycles. The van der Waals surface area contributed by atoms with Gasteiger partial charge in [-0.25, -0.2) is 0 Å². The van der Waals surface area contributed by atoms with E-state index in [1.807, 2.05) is 6.07 Å². The zero-order valence-corrected chi connectivity index (χ0v) is 20.0. The number of nitrogens with one attached hydrogen (secondary N) is 2. The smallest absolute Gasteiger partial charge is 0.255 e. The van der Waals surface area contributed by atoms with Crippen molar-refractivity contribution in [1.82, 2.24) is 15.5 Å². The molecule has 2 saturated carbocycles. The van der Waals surface area contributed by atoms with Crippen molar-refractivity contribution in [2.45, 2.75) is 95.3 Å². The third-order valence-electron chi connectivity index (χ3n) is 8.47. The fourth-order valence-electron chi connectivity index (χ4n) is 6.50. The first-order valence-electron chi connectivity index (χ1n) is 13.1. The highest BCUT2D eigenvalue weighted by Crippen LogP contribution is 2.33. The van der Waals surface area contributed by atoms with E-state index >= 15 is 0 Å². The summed E-state index contributed by atoms with van der Waals surface area (Å²) in [5.41, 5.74) is 3.83. The summed E-state index contributed by atoms with van der Waals surface area (Å²) in [7, 11) is 0. The molecule has 2 amide bonds. The molecule has 6 nitrogen and oxygen atoms in total. The number of carbonyl (C=O) groups excluding carboxylic acids is 2. The molecule has 2 heterocycles. The number of nitrogens with zero attached hydrogens (tertiary/aromatic N) is 2. The van der Waals surface area contributed by atoms with Gasteiger partial charge in [0.1, 0.15) is 6.04 Å². The van der Waals surface area contributed by atoms with Crippen LogP contribution in [-0.4, -0.2) is 34.8 Å². The lowest BCUT2D eigenvalue weighted by Gasteiger charge is -2.37. The number of rotatable bonds is 5. The van der Waals surface area contributed by atoms with Crippen LogP contribution < -0.4 is 10.6 Å². The van der Waals surface area contributed by atoms with E-state index in [9.17, 15) is 14.9 Å². The molecule has 1 aromatic rings. The highest BCUT2D eigenvalue weighted by molar-refractivity contribution is 6.01. The lowest BCUT2D eigenvalue weighted by molar-refractivity contribution is -0.126. The average Bonchev–Trinajstić information content (AvgIpc) is 3.16. The minimum atomic E-state index is -0.406. The quantitative estimate of drug-likeness (QED) is 0.689. The Morgan fingerprint density at radius 3 is 2.65 bits per heavy atom. The van der Waals surface area contributed by atoms with E-state index in [0.29, 0.717) is 31.0 Å². The Bertz CT molecular complexity index is 1000. The molecule has 0 radical (unpaired) electrons. The van der Waals surface area contributed by atoms with Gasteiger partial charge in [0.25, 0.3) is 5.91 Å². The second-order valence-corrected chi connectivity index (χ2v) is 10.8. The van der Waals surface area contributed by atoms with Gasteiger partial charge < -0.3 is 15.5 Å². The highest BCUT2D eigenvalue weighted by atomic mass is 16.2. The fourth-order valence-corrected chi connectivity index (χ4v) is 6.50. The van der Waals surface area contributed by atoms with Gasteiger partial charge in [-0.3, -0.25) is 9.59 Å². The van der Waals surface area contributed by atoms with Crippen molar-refractivity contribution in [3.8, 4) is 6.07 Å². The molecular formula is C28H36N4O2. The monoisotopic (exact) mass is 460 g/mol. The second kappa shape index (κ2) is 9.92. The molecule has 34 heavy (non-hydrogen) atoms. The molecule has 5 rings (SSSR count). The van der Waals surface area contributed by atoms with E-state index in [1.165, 1.54) is 31.2 Å². The summed E-state index contributed by atoms with van der Waals surface area (Å²) in [6.07, 6.45) is 11.7. The fraction of sp³-hybridized carbons (Fsp3) is 0.607. The molecule has 1 aromatic carbocycles. The van der Waals surface area contributed by atoms with Crippen molar-refractivity contribution in [3.05, 3.63) is 47.2 Å². The summed E-state index contributed by atoms with van der Waals surface area (Å²) < 4.78 is 0. The Kier molecular flexibility index (Phi) is 6.74. The molecule has 2 aliphatic carbocycles. The van der Waals surface area contributed by atoms with Gasteiger partial charge in [-0.15, -0.1) is 0 Å². The number of benzene rings is 1. The average molecular weight is 461 g/mol. The zero-order chi connectivity index (χ0) is 23.7. The molecule has 6 heteroatoms. The summed E-state index contributed by atoms with van der Waals surface area (Å²) in [5, 5.41) is 16.0. The summed E-state index contributed by atoms with van der Waals surface area (Å²) in [4.78, 5) is 27.2. The number of amides is 2. The standard InChI is InChI=1S/C28H36N4O2/c1-18-6-13-26(27(33)30-18)32-17-22-15-20(9-12-24(22)28(32)34)14-21-4-2-3-5-25(21)31-23-10-7-19(16-29)8-11-23/h9,12,15,19,21,23,25-26,31H,1-8,10-11,13-14,17H2,(H,30,33)/t19-,21-,23+,25+,26?/m1/s1. The molecule has 4 aliphatic rings. The number of allylic oxidation sites excluding steroid dienone is 1. The van der Waals surface area contributed by atoms with E-state index in [2.05, 4.69) is 35.4 Å². The SMILES string of the molecule is C=C1CCC(N2Cc3cc(C[C@H]4CCCC[C@@H]4N[C@H]4CC[C@@H](C#N)CC4)ccc3C2=O)C(=O)N1. The maximum Gasteiger partial charge on any atom is 0.255 e. The zero-order valence-electron chi connectivity index (χ0n) is 20.0. The van der Waals surface area contributed by atoms with E-state index in [4.69, 9.17) is 0 Å². The van der Waals surface area contributed by atoms with Crippen molar-refractivity contribution in [1.29, 1.82) is 5.26 Å². The lowest BCUT2D eigenvalue weighted by Crippen LogP contribution is -2.49. The number of piperidine rings is 1. The molecule has 1 unspecified atom stereocenters. The maximum atomic E-state index is 13.0. The Hall–Kier alpha value is -2.65. The van der Waals surface area contributed by atoms with Gasteiger partial charge in [0.2, 0.25) is 5.91 Å². The first kappa shape index (κ1) is 23.1. The van der Waals surface area contributed by atoms with Crippen molar-refractivity contribution >= 4 is 11.8 Å². The normalized spacial score (nSPS) is 31.7. The molecule has 0 aromatic heterocycles. The predicted octanol–water partition coefficient (Wildman–Crippen LogP) is 4.21. The highest BCUT2D eigenvalue weighted by Gasteiger charge is 2.38. The minimum Gasteiger partial charge on any atom is -0.329 e. The summed E-state index contributed by atoms with van der Waals surface area (Å²) >= 11 is 0. The van der Waals surface area contributed by atoms with Crippen molar-refractivity contribution in [3.63, 3.8) is 0 Å². The van der Waals surface area contributed by atoms with Crippen LogP contribution >= 0.6 is 0 Å². The number of hydrogen-bond donors (Lipinski definition) is 2. The van der Waals surface area contributed by atoms with Gasteiger partial charge in [0, 0.05) is 35.8 Å². The van der Waals surface area contributed by atoms with Crippen LogP contribution in [0.25, 0.3) is 0 Å². The Morgan fingerprint density at radius 1 is 1.09 bits per heavy atom. The second-order valence-electron chi connectivity index (χ2n) is 10.8. The van der Waals surface area contributed by atoms with Crippen LogP contribution in [0.3, 0.4) is 0 Å². The molecule has 2 N–H and O–H groups in total. The van der Waals surface area contributed by atoms with Gasteiger partial charge in [0.05, 0.1) is 6.07 Å². The van der Waals surface area contributed by atoms with Crippen LogP contribution in [0.4, 0.5) is 0 Å². The van der Waals surface area contributed by atoms with E-state index in [-0.39, 0.29) is 17.7 Å². The van der Waals surface area contributed by atoms with Crippen LogP contribution in [-0.2, 0) is 17.8 Å². The van der Waals surface area contributed by atoms with Gasteiger partial charge >= 0.3 is 0 Å². The number of fused-ring (bicyclic) bond motifs is 1. The lowest BCUT2D eigenvalue weighted by atomic mass is 9.79. The minimum absolute atomic E-state index is 0.0283. The first-order chi connectivity index (χ1) is 16.5. The molecule has 180 valence electrons. The van der Waals surface area contributed by atoms with Crippen molar-refractivity contribution in [2.75, 3.05) is 0 Å². The molecule has 3 atom stereocenters. The first-order valence-corrected chi connectivity index (χ1v) is 13.1. The Labute approximate surface area is 202 Å². The Balaban J connectivity index is 1.23. The van der Waals surface area contributed by atoms with E-state index < -0.39 is 6.04 Å². The Morgan fingerprint density at radius 2 is 1.88 bits per heavy atom. The van der Waals surface area contributed by atoms with Crippen LogP contribution in [0.2, 0.25) is 0 Å². The molecule has 0 spiro atoms. The van der Waals surface area contributed by atoms with Gasteiger partial charge in [-0.2, -0.15) is 5.26 Å².